The van der Waals surface area contributed by atoms with Crippen molar-refractivity contribution >= 4 is 28.2 Å². The van der Waals surface area contributed by atoms with Crippen LogP contribution < -0.4 is 5.32 Å². The van der Waals surface area contributed by atoms with E-state index in [0.29, 0.717) is 16.3 Å². The topological polar surface area (TPSA) is 73.2 Å². The molecule has 6 nitrogen and oxygen atoms in total. The summed E-state index contributed by atoms with van der Waals surface area (Å²) in [6.45, 7) is 4.04. The number of aryl methyl sites for hydroxylation is 1. The second-order valence-electron chi connectivity index (χ2n) is 4.88. The van der Waals surface area contributed by atoms with Crippen LogP contribution in [-0.2, 0) is 11.8 Å². The van der Waals surface area contributed by atoms with Crippen molar-refractivity contribution in [3.05, 3.63) is 34.5 Å². The fourth-order valence-electron chi connectivity index (χ4n) is 1.79. The Morgan fingerprint density at radius 1 is 1.38 bits per heavy atom. The third-order valence-electron chi connectivity index (χ3n) is 2.98. The SMILES string of the molecule is COC(=O)c1csc(NC(=O)c2cc(C(C)C)nn2C)c1. The summed E-state index contributed by atoms with van der Waals surface area (Å²) in [5.41, 5.74) is 1.77. The van der Waals surface area contributed by atoms with Crippen molar-refractivity contribution < 1.29 is 14.3 Å². The third kappa shape index (κ3) is 3.30. The minimum absolute atomic E-state index is 0.254. The second-order valence-corrected chi connectivity index (χ2v) is 5.79. The number of rotatable bonds is 4. The van der Waals surface area contributed by atoms with Gasteiger partial charge in [0.2, 0.25) is 0 Å². The van der Waals surface area contributed by atoms with Crippen molar-refractivity contribution in [3.8, 4) is 0 Å². The molecule has 21 heavy (non-hydrogen) atoms. The van der Waals surface area contributed by atoms with Crippen molar-refractivity contribution in [2.45, 2.75) is 19.8 Å². The highest BCUT2D eigenvalue weighted by Gasteiger charge is 2.16. The standard InChI is InChI=1S/C14H17N3O3S/c1-8(2)10-6-11(17(3)16-10)13(18)15-12-5-9(7-21-12)14(19)20-4/h5-8H,1-4H3,(H,15,18). The summed E-state index contributed by atoms with van der Waals surface area (Å²) in [4.78, 5) is 23.6. The van der Waals surface area contributed by atoms with E-state index < -0.39 is 5.97 Å². The summed E-state index contributed by atoms with van der Waals surface area (Å²) in [5, 5.41) is 9.30. The number of carbonyl (C=O) groups excluding carboxylic acids is 2. The Bertz CT molecular complexity index is 673. The third-order valence-corrected chi connectivity index (χ3v) is 3.83. The molecule has 0 saturated carbocycles. The molecule has 0 saturated heterocycles. The van der Waals surface area contributed by atoms with E-state index in [1.807, 2.05) is 13.8 Å². The minimum Gasteiger partial charge on any atom is -0.465 e. The molecule has 1 N–H and O–H groups in total. The number of nitrogens with one attached hydrogen (secondary N) is 1. The van der Waals surface area contributed by atoms with E-state index in [0.717, 1.165) is 5.69 Å². The summed E-state index contributed by atoms with van der Waals surface area (Å²) in [6.07, 6.45) is 0. The van der Waals surface area contributed by atoms with Gasteiger partial charge in [0.15, 0.2) is 0 Å². The molecule has 2 aromatic heterocycles. The molecule has 0 radical (unpaired) electrons. The molecule has 7 heteroatoms. The number of esters is 1. The first-order valence-corrected chi connectivity index (χ1v) is 7.32. The average Bonchev–Trinajstić information content (AvgIpc) is 3.04. The minimum atomic E-state index is -0.422. The largest absolute Gasteiger partial charge is 0.465 e. The van der Waals surface area contributed by atoms with Crippen LogP contribution in [-0.4, -0.2) is 28.8 Å². The molecule has 1 amide bonds. The summed E-state index contributed by atoms with van der Waals surface area (Å²) in [6, 6.07) is 3.36. The number of hydrogen-bond acceptors (Lipinski definition) is 5. The van der Waals surface area contributed by atoms with Gasteiger partial charge in [-0.25, -0.2) is 4.79 Å². The van der Waals surface area contributed by atoms with Gasteiger partial charge in [-0.15, -0.1) is 11.3 Å². The van der Waals surface area contributed by atoms with Gasteiger partial charge < -0.3 is 10.1 Å². The van der Waals surface area contributed by atoms with Gasteiger partial charge >= 0.3 is 5.97 Å². The molecule has 0 aromatic carbocycles. The quantitative estimate of drug-likeness (QED) is 0.881. The molecule has 2 heterocycles. The molecular weight excluding hydrogens is 290 g/mol. The van der Waals surface area contributed by atoms with Gasteiger partial charge in [-0.3, -0.25) is 9.48 Å². The maximum atomic E-state index is 12.2. The first-order chi connectivity index (χ1) is 9.92. The molecule has 0 bridgehead atoms. The van der Waals surface area contributed by atoms with Crippen molar-refractivity contribution in [1.82, 2.24) is 9.78 Å². The zero-order chi connectivity index (χ0) is 15.6. The lowest BCUT2D eigenvalue weighted by atomic mass is 10.1. The number of methoxy groups -OCH3 is 1. The van der Waals surface area contributed by atoms with E-state index in [-0.39, 0.29) is 11.8 Å². The number of nitrogens with zero attached hydrogens (tertiary/aromatic N) is 2. The van der Waals surface area contributed by atoms with E-state index in [1.54, 1.807) is 29.2 Å². The van der Waals surface area contributed by atoms with Gasteiger partial charge in [0.25, 0.3) is 5.91 Å². The highest BCUT2D eigenvalue weighted by Crippen LogP contribution is 2.22. The molecule has 0 atom stereocenters. The Morgan fingerprint density at radius 3 is 2.67 bits per heavy atom. The highest BCUT2D eigenvalue weighted by molar-refractivity contribution is 7.14. The molecule has 0 aliphatic rings. The first-order valence-electron chi connectivity index (χ1n) is 6.44. The fourth-order valence-corrected chi connectivity index (χ4v) is 2.55. The molecule has 2 rings (SSSR count). The van der Waals surface area contributed by atoms with E-state index in [1.165, 1.54) is 18.4 Å². The summed E-state index contributed by atoms with van der Waals surface area (Å²) in [7, 11) is 3.05. The zero-order valence-corrected chi connectivity index (χ0v) is 13.2. The van der Waals surface area contributed by atoms with E-state index in [4.69, 9.17) is 0 Å². The van der Waals surface area contributed by atoms with Crippen LogP contribution in [0.1, 0.15) is 46.3 Å². The Hall–Kier alpha value is -2.15. The van der Waals surface area contributed by atoms with Gasteiger partial charge in [-0.05, 0) is 18.1 Å². The van der Waals surface area contributed by atoms with Gasteiger partial charge in [-0.1, -0.05) is 13.8 Å². The van der Waals surface area contributed by atoms with Crippen LogP contribution in [0.4, 0.5) is 5.00 Å². The number of ether oxygens (including phenoxy) is 1. The molecule has 2 aromatic rings. The summed E-state index contributed by atoms with van der Waals surface area (Å²) >= 11 is 1.27. The molecular formula is C14H17N3O3S. The van der Waals surface area contributed by atoms with E-state index in [2.05, 4.69) is 15.2 Å². The number of hydrogen-bond donors (Lipinski definition) is 1. The number of aromatic nitrogens is 2. The Balaban J connectivity index is 2.14. The van der Waals surface area contributed by atoms with Crippen molar-refractivity contribution in [1.29, 1.82) is 0 Å². The van der Waals surface area contributed by atoms with Crippen LogP contribution in [0, 0.1) is 0 Å². The Morgan fingerprint density at radius 2 is 2.10 bits per heavy atom. The Labute approximate surface area is 126 Å². The second kappa shape index (κ2) is 6.09. The van der Waals surface area contributed by atoms with Crippen molar-refractivity contribution in [2.75, 3.05) is 12.4 Å². The molecule has 0 aliphatic carbocycles. The molecule has 0 fully saturated rings. The summed E-state index contributed by atoms with van der Waals surface area (Å²) < 4.78 is 6.18. The number of carbonyl (C=O) groups is 2. The molecule has 112 valence electrons. The number of amides is 1. The number of thiophene rings is 1. The van der Waals surface area contributed by atoms with Crippen LogP contribution in [0.2, 0.25) is 0 Å². The van der Waals surface area contributed by atoms with Crippen LogP contribution in [0.25, 0.3) is 0 Å². The smallest absolute Gasteiger partial charge is 0.338 e. The van der Waals surface area contributed by atoms with Gasteiger partial charge in [0, 0.05) is 12.4 Å². The van der Waals surface area contributed by atoms with Gasteiger partial charge in [0.1, 0.15) is 5.69 Å². The average molecular weight is 307 g/mol. The van der Waals surface area contributed by atoms with Crippen LogP contribution in [0.5, 0.6) is 0 Å². The predicted molar refractivity (Wildman–Crippen MR) is 80.9 cm³/mol. The summed E-state index contributed by atoms with van der Waals surface area (Å²) in [5.74, 6) is -0.421. The van der Waals surface area contributed by atoms with Crippen molar-refractivity contribution in [3.63, 3.8) is 0 Å². The van der Waals surface area contributed by atoms with Crippen LogP contribution in [0.15, 0.2) is 17.5 Å². The first kappa shape index (κ1) is 15.2. The molecule has 0 aliphatic heterocycles. The molecule has 0 unspecified atom stereocenters. The lowest BCUT2D eigenvalue weighted by Crippen LogP contribution is -2.15. The zero-order valence-electron chi connectivity index (χ0n) is 12.3. The van der Waals surface area contributed by atoms with E-state index in [9.17, 15) is 9.59 Å². The maximum absolute atomic E-state index is 12.2. The normalized spacial score (nSPS) is 10.7. The Kier molecular flexibility index (Phi) is 4.42. The lowest BCUT2D eigenvalue weighted by Gasteiger charge is -2.01. The fraction of sp³-hybridized carbons (Fsp3) is 0.357. The van der Waals surface area contributed by atoms with Crippen molar-refractivity contribution in [2.24, 2.45) is 7.05 Å². The van der Waals surface area contributed by atoms with Gasteiger partial charge in [-0.2, -0.15) is 5.10 Å². The maximum Gasteiger partial charge on any atom is 0.338 e. The van der Waals surface area contributed by atoms with Crippen LogP contribution >= 0.6 is 11.3 Å². The number of anilines is 1. The van der Waals surface area contributed by atoms with Crippen LogP contribution in [0.3, 0.4) is 0 Å². The monoisotopic (exact) mass is 307 g/mol. The highest BCUT2D eigenvalue weighted by atomic mass is 32.1. The van der Waals surface area contributed by atoms with E-state index >= 15 is 0 Å². The lowest BCUT2D eigenvalue weighted by molar-refractivity contribution is 0.0601. The predicted octanol–water partition coefficient (Wildman–Crippen LogP) is 2.64. The van der Waals surface area contributed by atoms with Gasteiger partial charge in [0.05, 0.1) is 23.4 Å². The molecule has 0 spiro atoms.